The van der Waals surface area contributed by atoms with E-state index in [1.807, 2.05) is 6.07 Å². The van der Waals surface area contributed by atoms with Gasteiger partial charge in [0.25, 0.3) is 0 Å². The molecule has 0 N–H and O–H groups in total. The van der Waals surface area contributed by atoms with E-state index in [-0.39, 0.29) is 5.41 Å². The first kappa shape index (κ1) is 11.4. The Morgan fingerprint density at radius 1 is 1.25 bits per heavy atom. The second-order valence-electron chi connectivity index (χ2n) is 5.03. The molecule has 3 heteroatoms. The number of benzene rings is 1. The van der Waals surface area contributed by atoms with Crippen molar-refractivity contribution < 1.29 is 4.74 Å². The normalized spacial score (nSPS) is 12.1. The molecular weight excluding hydrogens is 218 g/mol. The van der Waals surface area contributed by atoms with E-state index < -0.39 is 0 Å². The summed E-state index contributed by atoms with van der Waals surface area (Å²) in [5, 5.41) is 1.16. The molecule has 0 bridgehead atoms. The van der Waals surface area contributed by atoms with E-state index in [4.69, 9.17) is 9.72 Å². The first-order chi connectivity index (χ1) is 7.43. The van der Waals surface area contributed by atoms with E-state index in [0.717, 1.165) is 21.0 Å². The summed E-state index contributed by atoms with van der Waals surface area (Å²) in [6.07, 6.45) is 0. The van der Waals surface area contributed by atoms with Gasteiger partial charge < -0.3 is 4.74 Å². The van der Waals surface area contributed by atoms with Gasteiger partial charge in [0.05, 0.1) is 22.3 Å². The van der Waals surface area contributed by atoms with Gasteiger partial charge in [0.15, 0.2) is 0 Å². The van der Waals surface area contributed by atoms with Crippen LogP contribution in [0, 0.1) is 6.92 Å². The van der Waals surface area contributed by atoms with Crippen LogP contribution < -0.4 is 4.74 Å². The van der Waals surface area contributed by atoms with Crippen molar-refractivity contribution in [1.82, 2.24) is 4.98 Å². The van der Waals surface area contributed by atoms with E-state index >= 15 is 0 Å². The number of thiazole rings is 1. The lowest BCUT2D eigenvalue weighted by atomic mass is 9.98. The molecule has 86 valence electrons. The first-order valence-electron chi connectivity index (χ1n) is 5.38. The number of methoxy groups -OCH3 is 1. The number of fused-ring (bicyclic) bond motifs is 1. The fourth-order valence-corrected chi connectivity index (χ4v) is 2.78. The highest BCUT2D eigenvalue weighted by Crippen LogP contribution is 2.37. The molecule has 1 aromatic carbocycles. The van der Waals surface area contributed by atoms with Crippen LogP contribution in [0.5, 0.6) is 5.75 Å². The third-order valence-corrected chi connectivity index (χ3v) is 4.07. The molecule has 0 saturated heterocycles. The van der Waals surface area contributed by atoms with Crippen molar-refractivity contribution in [2.75, 3.05) is 7.11 Å². The summed E-state index contributed by atoms with van der Waals surface area (Å²) in [5.41, 5.74) is 2.39. The lowest BCUT2D eigenvalue weighted by Gasteiger charge is -2.13. The molecule has 16 heavy (non-hydrogen) atoms. The predicted octanol–water partition coefficient (Wildman–Crippen LogP) is 3.91. The van der Waals surface area contributed by atoms with Gasteiger partial charge in [-0.25, -0.2) is 4.98 Å². The molecule has 0 amide bonds. The molecule has 0 unspecified atom stereocenters. The van der Waals surface area contributed by atoms with Crippen LogP contribution in [-0.4, -0.2) is 12.1 Å². The molecule has 0 aliphatic heterocycles. The second kappa shape index (κ2) is 3.74. The lowest BCUT2D eigenvalue weighted by molar-refractivity contribution is 0.420. The molecule has 0 aliphatic rings. The maximum absolute atomic E-state index is 5.38. The Hall–Kier alpha value is -1.09. The minimum Gasteiger partial charge on any atom is -0.495 e. The Morgan fingerprint density at radius 3 is 2.50 bits per heavy atom. The van der Waals surface area contributed by atoms with E-state index in [0.29, 0.717) is 0 Å². The van der Waals surface area contributed by atoms with Gasteiger partial charge in [0.2, 0.25) is 0 Å². The van der Waals surface area contributed by atoms with Crippen LogP contribution in [0.4, 0.5) is 0 Å². The topological polar surface area (TPSA) is 22.1 Å². The molecule has 0 aliphatic carbocycles. The Bertz CT molecular complexity index is 522. The highest BCUT2D eigenvalue weighted by Gasteiger charge is 2.20. The Labute approximate surface area is 100 Å². The molecule has 0 saturated carbocycles. The van der Waals surface area contributed by atoms with Crippen LogP contribution in [0.1, 0.15) is 31.3 Å². The molecule has 0 atom stereocenters. The SMILES string of the molecule is COc1ccc(C)c2nc(C(C)(C)C)sc12. The Morgan fingerprint density at radius 2 is 1.94 bits per heavy atom. The van der Waals surface area contributed by atoms with E-state index in [1.54, 1.807) is 18.4 Å². The maximum atomic E-state index is 5.38. The van der Waals surface area contributed by atoms with Gasteiger partial charge >= 0.3 is 0 Å². The largest absolute Gasteiger partial charge is 0.495 e. The van der Waals surface area contributed by atoms with Crippen LogP contribution in [0.3, 0.4) is 0 Å². The summed E-state index contributed by atoms with van der Waals surface area (Å²) in [6, 6.07) is 4.08. The molecule has 0 fully saturated rings. The number of aromatic nitrogens is 1. The maximum Gasteiger partial charge on any atom is 0.138 e. The summed E-state index contributed by atoms with van der Waals surface area (Å²) in [5.74, 6) is 0.925. The number of hydrogen-bond donors (Lipinski definition) is 0. The first-order valence-corrected chi connectivity index (χ1v) is 6.20. The summed E-state index contributed by atoms with van der Waals surface area (Å²) in [6.45, 7) is 8.65. The second-order valence-corrected chi connectivity index (χ2v) is 6.03. The van der Waals surface area contributed by atoms with Crippen molar-refractivity contribution in [3.05, 3.63) is 22.7 Å². The van der Waals surface area contributed by atoms with Gasteiger partial charge in [-0.15, -0.1) is 11.3 Å². The van der Waals surface area contributed by atoms with Gasteiger partial charge in [-0.2, -0.15) is 0 Å². The number of rotatable bonds is 1. The van der Waals surface area contributed by atoms with E-state index in [2.05, 4.69) is 33.8 Å². The summed E-state index contributed by atoms with van der Waals surface area (Å²) in [4.78, 5) is 4.73. The Kier molecular flexibility index (Phi) is 2.66. The average Bonchev–Trinajstić information content (AvgIpc) is 2.63. The van der Waals surface area contributed by atoms with Crippen LogP contribution in [0.15, 0.2) is 12.1 Å². The monoisotopic (exact) mass is 235 g/mol. The van der Waals surface area contributed by atoms with Gasteiger partial charge in [-0.3, -0.25) is 0 Å². The molecular formula is C13H17NOS. The van der Waals surface area contributed by atoms with Crippen LogP contribution >= 0.6 is 11.3 Å². The lowest BCUT2D eigenvalue weighted by Crippen LogP contribution is -2.09. The van der Waals surface area contributed by atoms with Crippen molar-refractivity contribution >= 4 is 21.6 Å². The summed E-state index contributed by atoms with van der Waals surface area (Å²) in [7, 11) is 1.71. The average molecular weight is 235 g/mol. The fourth-order valence-electron chi connectivity index (χ4n) is 1.59. The standard InChI is InChI=1S/C13H17NOS/c1-8-6-7-9(15-5)11-10(8)14-12(16-11)13(2,3)4/h6-7H,1-5H3. The third kappa shape index (κ3) is 1.80. The smallest absolute Gasteiger partial charge is 0.138 e. The molecule has 2 aromatic rings. The predicted molar refractivity (Wildman–Crippen MR) is 69.6 cm³/mol. The van der Waals surface area contributed by atoms with Crippen molar-refractivity contribution in [3.63, 3.8) is 0 Å². The highest BCUT2D eigenvalue weighted by atomic mass is 32.1. The van der Waals surface area contributed by atoms with E-state index in [1.165, 1.54) is 5.56 Å². The van der Waals surface area contributed by atoms with Gasteiger partial charge in [0.1, 0.15) is 5.75 Å². The molecule has 0 spiro atoms. The fraction of sp³-hybridized carbons (Fsp3) is 0.462. The minimum atomic E-state index is 0.0984. The zero-order valence-electron chi connectivity index (χ0n) is 10.4. The number of aryl methyl sites for hydroxylation is 1. The molecule has 2 rings (SSSR count). The van der Waals surface area contributed by atoms with Crippen molar-refractivity contribution in [1.29, 1.82) is 0 Å². The molecule has 2 nitrogen and oxygen atoms in total. The quantitative estimate of drug-likeness (QED) is 0.747. The van der Waals surface area contributed by atoms with E-state index in [9.17, 15) is 0 Å². The Balaban J connectivity index is 2.73. The zero-order chi connectivity index (χ0) is 11.9. The number of ether oxygens (including phenoxy) is 1. The molecule has 1 aromatic heterocycles. The molecule has 0 radical (unpaired) electrons. The van der Waals surface area contributed by atoms with Gasteiger partial charge in [-0.05, 0) is 18.6 Å². The number of nitrogens with zero attached hydrogens (tertiary/aromatic N) is 1. The van der Waals surface area contributed by atoms with Crippen LogP contribution in [0.2, 0.25) is 0 Å². The van der Waals surface area contributed by atoms with Gasteiger partial charge in [-0.1, -0.05) is 26.8 Å². The van der Waals surface area contributed by atoms with Crippen LogP contribution in [-0.2, 0) is 5.41 Å². The van der Waals surface area contributed by atoms with Crippen molar-refractivity contribution in [3.8, 4) is 5.75 Å². The minimum absolute atomic E-state index is 0.0984. The van der Waals surface area contributed by atoms with Crippen LogP contribution in [0.25, 0.3) is 10.2 Å². The summed E-state index contributed by atoms with van der Waals surface area (Å²) >= 11 is 1.73. The zero-order valence-corrected chi connectivity index (χ0v) is 11.2. The third-order valence-electron chi connectivity index (χ3n) is 2.57. The molecule has 1 heterocycles. The highest BCUT2D eigenvalue weighted by molar-refractivity contribution is 7.19. The van der Waals surface area contributed by atoms with Crippen molar-refractivity contribution in [2.24, 2.45) is 0 Å². The van der Waals surface area contributed by atoms with Gasteiger partial charge in [0, 0.05) is 5.41 Å². The number of hydrogen-bond acceptors (Lipinski definition) is 3. The van der Waals surface area contributed by atoms with Crippen molar-refractivity contribution in [2.45, 2.75) is 33.1 Å². The summed E-state index contributed by atoms with van der Waals surface area (Å²) < 4.78 is 6.54.